The molecule has 0 radical (unpaired) electrons. The van der Waals surface area contributed by atoms with E-state index in [1.54, 1.807) is 12.1 Å². The Kier molecular flexibility index (Phi) is 7.99. The molecule has 0 spiro atoms. The summed E-state index contributed by atoms with van der Waals surface area (Å²) < 4.78 is 5.69. The van der Waals surface area contributed by atoms with Crippen molar-refractivity contribution in [3.63, 3.8) is 0 Å². The van der Waals surface area contributed by atoms with Gasteiger partial charge in [-0.2, -0.15) is 5.10 Å². The number of benzene rings is 3. The summed E-state index contributed by atoms with van der Waals surface area (Å²) >= 11 is 11.7. The molecular weight excluding hydrogens is 481 g/mol. The third-order valence-electron chi connectivity index (χ3n) is 4.65. The van der Waals surface area contributed by atoms with Crippen LogP contribution >= 0.6 is 23.2 Å². The Morgan fingerprint density at radius 3 is 2.21 bits per heavy atom. The SMILES string of the molecule is Cc1cc(/C=N/NC(=O)c2ccc(O)c(Cl)c2)cc(C)c1OCC(=O)Nc1ccc(O)c(Cl)c1. The summed E-state index contributed by atoms with van der Waals surface area (Å²) in [5, 5.41) is 25.7. The Bertz CT molecular complexity index is 1250. The van der Waals surface area contributed by atoms with Gasteiger partial charge in [-0.1, -0.05) is 23.2 Å². The van der Waals surface area contributed by atoms with E-state index in [1.807, 2.05) is 13.8 Å². The first-order valence-corrected chi connectivity index (χ1v) is 10.7. The lowest BCUT2D eigenvalue weighted by molar-refractivity contribution is -0.118. The molecule has 0 atom stereocenters. The van der Waals surface area contributed by atoms with Gasteiger partial charge in [-0.3, -0.25) is 9.59 Å². The van der Waals surface area contributed by atoms with Crippen LogP contribution in [0.1, 0.15) is 27.0 Å². The predicted octanol–water partition coefficient (Wildman–Crippen LogP) is 4.80. The number of phenols is 2. The maximum Gasteiger partial charge on any atom is 0.271 e. The highest BCUT2D eigenvalue weighted by Gasteiger charge is 2.11. The normalized spacial score (nSPS) is 10.8. The molecule has 176 valence electrons. The van der Waals surface area contributed by atoms with Gasteiger partial charge >= 0.3 is 0 Å². The first kappa shape index (κ1) is 24.9. The molecule has 3 aromatic rings. The van der Waals surface area contributed by atoms with Crippen LogP contribution in [-0.4, -0.2) is 34.8 Å². The third kappa shape index (κ3) is 6.40. The second kappa shape index (κ2) is 10.9. The molecule has 0 saturated heterocycles. The fraction of sp³-hybridized carbons (Fsp3) is 0.125. The number of rotatable bonds is 7. The van der Waals surface area contributed by atoms with Crippen molar-refractivity contribution < 1.29 is 24.5 Å². The summed E-state index contributed by atoms with van der Waals surface area (Å²) in [5.74, 6) is -0.498. The van der Waals surface area contributed by atoms with E-state index in [4.69, 9.17) is 27.9 Å². The fourth-order valence-electron chi connectivity index (χ4n) is 3.08. The molecule has 10 heteroatoms. The van der Waals surface area contributed by atoms with Crippen molar-refractivity contribution in [1.82, 2.24) is 5.43 Å². The number of hydrogen-bond donors (Lipinski definition) is 4. The largest absolute Gasteiger partial charge is 0.506 e. The average molecular weight is 502 g/mol. The molecule has 0 unspecified atom stereocenters. The Morgan fingerprint density at radius 2 is 1.59 bits per heavy atom. The Balaban J connectivity index is 1.59. The first-order chi connectivity index (χ1) is 16.1. The zero-order valence-corrected chi connectivity index (χ0v) is 19.7. The van der Waals surface area contributed by atoms with E-state index in [9.17, 15) is 19.8 Å². The van der Waals surface area contributed by atoms with E-state index >= 15 is 0 Å². The number of amides is 2. The van der Waals surface area contributed by atoms with Crippen LogP contribution in [0.2, 0.25) is 10.0 Å². The quantitative estimate of drug-likeness (QED) is 0.210. The molecule has 0 fully saturated rings. The van der Waals surface area contributed by atoms with Gasteiger partial charge in [0.2, 0.25) is 0 Å². The molecule has 4 N–H and O–H groups in total. The van der Waals surface area contributed by atoms with Gasteiger partial charge in [0, 0.05) is 11.3 Å². The lowest BCUT2D eigenvalue weighted by atomic mass is 10.1. The van der Waals surface area contributed by atoms with Gasteiger partial charge in [0.25, 0.3) is 11.8 Å². The number of phenolic OH excluding ortho intramolecular Hbond substituents is 2. The van der Waals surface area contributed by atoms with E-state index in [2.05, 4.69) is 15.8 Å². The van der Waals surface area contributed by atoms with Gasteiger partial charge in [-0.25, -0.2) is 5.43 Å². The minimum absolute atomic E-state index is 0.0685. The van der Waals surface area contributed by atoms with Crippen molar-refractivity contribution in [3.8, 4) is 17.2 Å². The van der Waals surface area contributed by atoms with Crippen LogP contribution in [0.15, 0.2) is 53.6 Å². The maximum atomic E-state index is 12.2. The number of carbonyl (C=O) groups is 2. The molecule has 3 aromatic carbocycles. The summed E-state index contributed by atoms with van der Waals surface area (Å²) in [4.78, 5) is 24.4. The van der Waals surface area contributed by atoms with Crippen LogP contribution in [0.5, 0.6) is 17.2 Å². The summed E-state index contributed by atoms with van der Waals surface area (Å²) in [5.41, 5.74) is 5.36. The van der Waals surface area contributed by atoms with E-state index in [-0.39, 0.29) is 39.6 Å². The molecule has 0 aliphatic heterocycles. The number of halogens is 2. The van der Waals surface area contributed by atoms with Gasteiger partial charge in [0.05, 0.1) is 16.3 Å². The maximum absolute atomic E-state index is 12.2. The molecule has 0 aliphatic rings. The average Bonchev–Trinajstić information content (AvgIpc) is 2.77. The zero-order chi connectivity index (χ0) is 24.8. The topological polar surface area (TPSA) is 120 Å². The van der Waals surface area contributed by atoms with Gasteiger partial charge in [-0.05, 0) is 79.1 Å². The van der Waals surface area contributed by atoms with Crippen LogP contribution in [0.3, 0.4) is 0 Å². The second-order valence-corrected chi connectivity index (χ2v) is 8.17. The lowest BCUT2D eigenvalue weighted by Crippen LogP contribution is -2.20. The van der Waals surface area contributed by atoms with Gasteiger partial charge < -0.3 is 20.3 Å². The molecule has 0 bridgehead atoms. The summed E-state index contributed by atoms with van der Waals surface area (Å²) in [6, 6.07) is 12.0. The van der Waals surface area contributed by atoms with Crippen LogP contribution in [-0.2, 0) is 4.79 Å². The van der Waals surface area contributed by atoms with Crippen molar-refractivity contribution in [2.45, 2.75) is 13.8 Å². The van der Waals surface area contributed by atoms with E-state index < -0.39 is 5.91 Å². The molecule has 0 heterocycles. The van der Waals surface area contributed by atoms with Crippen molar-refractivity contribution in [1.29, 1.82) is 0 Å². The van der Waals surface area contributed by atoms with Crippen molar-refractivity contribution >= 4 is 46.9 Å². The number of nitrogens with zero attached hydrogens (tertiary/aromatic N) is 1. The molecule has 34 heavy (non-hydrogen) atoms. The molecule has 0 saturated carbocycles. The molecule has 0 aliphatic carbocycles. The smallest absolute Gasteiger partial charge is 0.271 e. The summed E-state index contributed by atoms with van der Waals surface area (Å²) in [6.45, 7) is 3.43. The minimum atomic E-state index is -0.479. The third-order valence-corrected chi connectivity index (χ3v) is 5.26. The summed E-state index contributed by atoms with van der Waals surface area (Å²) in [7, 11) is 0. The fourth-order valence-corrected chi connectivity index (χ4v) is 3.44. The van der Waals surface area contributed by atoms with Crippen molar-refractivity contribution in [2.24, 2.45) is 5.10 Å². The molecule has 3 rings (SSSR count). The van der Waals surface area contributed by atoms with Gasteiger partial charge in [0.1, 0.15) is 17.2 Å². The number of ether oxygens (including phenoxy) is 1. The first-order valence-electron chi connectivity index (χ1n) is 9.98. The highest BCUT2D eigenvalue weighted by molar-refractivity contribution is 6.32. The van der Waals surface area contributed by atoms with Crippen LogP contribution < -0.4 is 15.5 Å². The monoisotopic (exact) mass is 501 g/mol. The second-order valence-electron chi connectivity index (χ2n) is 7.35. The van der Waals surface area contributed by atoms with E-state index in [1.165, 1.54) is 42.6 Å². The zero-order valence-electron chi connectivity index (χ0n) is 18.2. The minimum Gasteiger partial charge on any atom is -0.506 e. The van der Waals surface area contributed by atoms with E-state index in [0.29, 0.717) is 11.4 Å². The Hall–Kier alpha value is -3.75. The van der Waals surface area contributed by atoms with Gasteiger partial charge in [-0.15, -0.1) is 0 Å². The number of nitrogens with one attached hydrogen (secondary N) is 2. The van der Waals surface area contributed by atoms with Gasteiger partial charge in [0.15, 0.2) is 6.61 Å². The standard InChI is InChI=1S/C24H21Cl2N3O5/c1-13-7-15(11-27-29-24(33)16-3-5-20(30)18(25)9-16)8-14(2)23(13)34-12-22(32)28-17-4-6-21(31)19(26)10-17/h3-11,30-31H,12H2,1-2H3,(H,28,32)(H,29,33)/b27-11+. The molecular formula is C24H21Cl2N3O5. The Morgan fingerprint density at radius 1 is 0.971 bits per heavy atom. The Labute approximate surface area is 205 Å². The van der Waals surface area contributed by atoms with Crippen molar-refractivity contribution in [3.05, 3.63) is 80.8 Å². The number of anilines is 1. The molecule has 0 aromatic heterocycles. The predicted molar refractivity (Wildman–Crippen MR) is 131 cm³/mol. The lowest BCUT2D eigenvalue weighted by Gasteiger charge is -2.13. The number of aromatic hydroxyl groups is 2. The number of hydrazone groups is 1. The van der Waals surface area contributed by atoms with Crippen LogP contribution in [0, 0.1) is 13.8 Å². The highest BCUT2D eigenvalue weighted by atomic mass is 35.5. The number of carbonyl (C=O) groups excluding carboxylic acids is 2. The van der Waals surface area contributed by atoms with E-state index in [0.717, 1.165) is 16.7 Å². The number of hydrogen-bond acceptors (Lipinski definition) is 6. The molecule has 2 amide bonds. The highest BCUT2D eigenvalue weighted by Crippen LogP contribution is 2.27. The molecule has 8 nitrogen and oxygen atoms in total. The van der Waals surface area contributed by atoms with Crippen LogP contribution in [0.25, 0.3) is 0 Å². The van der Waals surface area contributed by atoms with Crippen LogP contribution in [0.4, 0.5) is 5.69 Å². The van der Waals surface area contributed by atoms with Crippen molar-refractivity contribution in [2.75, 3.05) is 11.9 Å². The number of aryl methyl sites for hydroxylation is 2. The summed E-state index contributed by atoms with van der Waals surface area (Å²) in [6.07, 6.45) is 1.48.